The smallest absolute Gasteiger partial charge is 0.305 e. The van der Waals surface area contributed by atoms with Crippen molar-refractivity contribution in [2.24, 2.45) is 0 Å². The summed E-state index contributed by atoms with van der Waals surface area (Å²) in [6.07, 6.45) is 86.3. The number of aliphatic hydroxyl groups is 2. The minimum Gasteiger partial charge on any atom is -0.465 e. The maximum Gasteiger partial charge on any atom is 0.305 e. The lowest BCUT2D eigenvalue weighted by atomic mass is 10.0. The van der Waals surface area contributed by atoms with E-state index in [4.69, 9.17) is 4.74 Å². The average molecular weight is 1100 g/mol. The lowest BCUT2D eigenvalue weighted by Crippen LogP contribution is -2.45. The van der Waals surface area contributed by atoms with Gasteiger partial charge in [0, 0.05) is 12.8 Å². The van der Waals surface area contributed by atoms with E-state index in [-0.39, 0.29) is 18.5 Å². The fourth-order valence-electron chi connectivity index (χ4n) is 11.1. The van der Waals surface area contributed by atoms with Crippen molar-refractivity contribution in [1.82, 2.24) is 5.32 Å². The molecule has 0 fully saturated rings. The van der Waals surface area contributed by atoms with E-state index in [2.05, 4.69) is 55.6 Å². The predicted octanol–water partition coefficient (Wildman–Crippen LogP) is 22.7. The minimum atomic E-state index is -0.670. The first kappa shape index (κ1) is 76.1. The van der Waals surface area contributed by atoms with Crippen LogP contribution in [0.4, 0.5) is 0 Å². The molecular weight excluding hydrogens is 959 g/mol. The van der Waals surface area contributed by atoms with Gasteiger partial charge in [-0.2, -0.15) is 0 Å². The fraction of sp³-hybridized carbons (Fsp3) is 0.889. The number of carbonyl (C=O) groups is 2. The lowest BCUT2D eigenvalue weighted by molar-refractivity contribution is -0.143. The van der Waals surface area contributed by atoms with Gasteiger partial charge in [0.25, 0.3) is 0 Å². The molecule has 0 radical (unpaired) electrons. The first-order valence-corrected chi connectivity index (χ1v) is 35.2. The van der Waals surface area contributed by atoms with Crippen molar-refractivity contribution in [1.29, 1.82) is 0 Å². The van der Waals surface area contributed by atoms with Crippen LogP contribution >= 0.6 is 0 Å². The van der Waals surface area contributed by atoms with E-state index in [9.17, 15) is 19.8 Å². The van der Waals surface area contributed by atoms with Crippen molar-refractivity contribution in [2.45, 2.75) is 398 Å². The molecule has 0 saturated heterocycles. The van der Waals surface area contributed by atoms with Gasteiger partial charge in [0.1, 0.15) is 0 Å². The number of aliphatic hydroxyl groups excluding tert-OH is 2. The summed E-state index contributed by atoms with van der Waals surface area (Å²) in [5.74, 6) is -0.0735. The standard InChI is InChI=1S/C72H137NO5/c1-3-5-7-9-11-13-15-17-19-21-22-23-24-26-29-33-36-40-44-48-52-56-60-64-70(75)69(68-74)73-71(76)65-61-57-53-49-45-41-37-34-30-27-25-28-31-35-39-43-47-51-55-59-63-67-78-72(77)66-62-58-54-50-46-42-38-32-20-18-16-14-12-10-8-6-4-2/h18,20,43,47,55,59,69-70,74-75H,3-17,19,21-42,44-46,48-54,56-58,60-68H2,1-2H3,(H,73,76)/b20-18-,47-43-,59-55-. The number of hydrogen-bond acceptors (Lipinski definition) is 5. The number of esters is 1. The summed E-state index contributed by atoms with van der Waals surface area (Å²) >= 11 is 0. The van der Waals surface area contributed by atoms with Crippen LogP contribution in [0.3, 0.4) is 0 Å². The second kappa shape index (κ2) is 67.6. The Labute approximate surface area is 487 Å². The highest BCUT2D eigenvalue weighted by Gasteiger charge is 2.20. The highest BCUT2D eigenvalue weighted by molar-refractivity contribution is 5.76. The number of hydrogen-bond donors (Lipinski definition) is 3. The monoisotopic (exact) mass is 1100 g/mol. The number of nitrogens with one attached hydrogen (secondary N) is 1. The Kier molecular flexibility index (Phi) is 65.9. The van der Waals surface area contributed by atoms with E-state index in [1.807, 2.05) is 0 Å². The summed E-state index contributed by atoms with van der Waals surface area (Å²) < 4.78 is 5.43. The normalized spacial score (nSPS) is 12.7. The van der Waals surface area contributed by atoms with Crippen molar-refractivity contribution < 1.29 is 24.5 Å². The molecule has 1 amide bonds. The van der Waals surface area contributed by atoms with Crippen LogP contribution in [-0.2, 0) is 14.3 Å². The molecule has 0 aliphatic heterocycles. The maximum absolute atomic E-state index is 12.6. The van der Waals surface area contributed by atoms with Crippen molar-refractivity contribution in [2.75, 3.05) is 13.2 Å². The molecule has 2 unspecified atom stereocenters. The summed E-state index contributed by atoms with van der Waals surface area (Å²) in [5, 5.41) is 23.4. The number of carbonyl (C=O) groups excluding carboxylic acids is 2. The topological polar surface area (TPSA) is 95.9 Å². The van der Waals surface area contributed by atoms with E-state index in [0.717, 1.165) is 51.4 Å². The van der Waals surface area contributed by atoms with Gasteiger partial charge in [0.2, 0.25) is 5.91 Å². The quantitative estimate of drug-likeness (QED) is 0.0320. The first-order chi connectivity index (χ1) is 38.5. The van der Waals surface area contributed by atoms with E-state index < -0.39 is 12.1 Å². The molecule has 3 N–H and O–H groups in total. The third-order valence-corrected chi connectivity index (χ3v) is 16.4. The van der Waals surface area contributed by atoms with E-state index in [0.29, 0.717) is 25.9 Å². The van der Waals surface area contributed by atoms with Crippen molar-refractivity contribution in [3.05, 3.63) is 36.5 Å². The first-order valence-electron chi connectivity index (χ1n) is 35.2. The summed E-state index contributed by atoms with van der Waals surface area (Å²) in [6, 6.07) is -0.547. The summed E-state index contributed by atoms with van der Waals surface area (Å²) in [5.41, 5.74) is 0. The molecule has 0 rings (SSSR count). The molecule has 0 aromatic heterocycles. The highest BCUT2D eigenvalue weighted by atomic mass is 16.5. The maximum atomic E-state index is 12.6. The number of rotatable bonds is 66. The summed E-state index contributed by atoms with van der Waals surface area (Å²) in [4.78, 5) is 24.6. The molecule has 6 heteroatoms. The SMILES string of the molecule is CCCCCCCC/C=C\CCCCCCCCCC(=O)OCC/C=C\C/C=C\CCCCCCCCCCCCCCCCC(=O)NC(CO)C(O)CCCCCCCCCCCCCCCCCCCCCCCCC. The lowest BCUT2D eigenvalue weighted by Gasteiger charge is -2.22. The number of amides is 1. The average Bonchev–Trinajstić information content (AvgIpc) is 3.44. The van der Waals surface area contributed by atoms with Gasteiger partial charge in [-0.25, -0.2) is 0 Å². The number of allylic oxidation sites excluding steroid dienone is 5. The molecule has 0 aliphatic carbocycles. The van der Waals surface area contributed by atoms with Crippen molar-refractivity contribution in [3.63, 3.8) is 0 Å². The van der Waals surface area contributed by atoms with Gasteiger partial charge in [-0.05, 0) is 70.6 Å². The zero-order valence-corrected chi connectivity index (χ0v) is 52.7. The van der Waals surface area contributed by atoms with E-state index >= 15 is 0 Å². The molecule has 0 heterocycles. The molecule has 0 bridgehead atoms. The Morgan fingerprint density at radius 2 is 0.641 bits per heavy atom. The molecule has 0 spiro atoms. The summed E-state index contributed by atoms with van der Waals surface area (Å²) in [7, 11) is 0. The number of unbranched alkanes of at least 4 members (excludes halogenated alkanes) is 49. The Morgan fingerprint density at radius 3 is 0.987 bits per heavy atom. The molecule has 2 atom stereocenters. The van der Waals surface area contributed by atoms with Gasteiger partial charge < -0.3 is 20.3 Å². The molecular formula is C72H137NO5. The van der Waals surface area contributed by atoms with Gasteiger partial charge in [-0.3, -0.25) is 9.59 Å². The molecule has 0 aliphatic rings. The zero-order chi connectivity index (χ0) is 56.4. The second-order valence-corrected chi connectivity index (χ2v) is 24.2. The van der Waals surface area contributed by atoms with E-state index in [1.54, 1.807) is 0 Å². The molecule has 0 saturated carbocycles. The van der Waals surface area contributed by atoms with Gasteiger partial charge in [0.05, 0.1) is 25.4 Å². The van der Waals surface area contributed by atoms with Crippen LogP contribution in [0.2, 0.25) is 0 Å². The Morgan fingerprint density at radius 1 is 0.359 bits per heavy atom. The number of ether oxygens (including phenoxy) is 1. The molecule has 0 aromatic carbocycles. The Hall–Kier alpha value is -1.92. The fourth-order valence-corrected chi connectivity index (χ4v) is 11.1. The second-order valence-electron chi connectivity index (χ2n) is 24.2. The van der Waals surface area contributed by atoms with E-state index in [1.165, 1.54) is 302 Å². The highest BCUT2D eigenvalue weighted by Crippen LogP contribution is 2.19. The van der Waals surface area contributed by atoms with Crippen LogP contribution in [-0.4, -0.2) is 47.4 Å². The largest absolute Gasteiger partial charge is 0.465 e. The van der Waals surface area contributed by atoms with Crippen LogP contribution in [0.5, 0.6) is 0 Å². The summed E-state index contributed by atoms with van der Waals surface area (Å²) in [6.45, 7) is 4.87. The zero-order valence-electron chi connectivity index (χ0n) is 52.7. The van der Waals surface area contributed by atoms with Crippen LogP contribution in [0.25, 0.3) is 0 Å². The Bertz CT molecular complexity index is 1260. The predicted molar refractivity (Wildman–Crippen MR) is 343 cm³/mol. The molecule has 6 nitrogen and oxygen atoms in total. The van der Waals surface area contributed by atoms with Gasteiger partial charge in [0.15, 0.2) is 0 Å². The third-order valence-electron chi connectivity index (χ3n) is 16.4. The van der Waals surface area contributed by atoms with Crippen LogP contribution in [0, 0.1) is 0 Å². The van der Waals surface area contributed by atoms with Crippen molar-refractivity contribution >= 4 is 11.9 Å². The molecule has 0 aromatic rings. The van der Waals surface area contributed by atoms with Crippen LogP contribution < -0.4 is 5.32 Å². The third kappa shape index (κ3) is 63.3. The van der Waals surface area contributed by atoms with Crippen LogP contribution in [0.1, 0.15) is 386 Å². The Balaban J connectivity index is 3.44. The molecule has 78 heavy (non-hydrogen) atoms. The van der Waals surface area contributed by atoms with Crippen molar-refractivity contribution in [3.8, 4) is 0 Å². The van der Waals surface area contributed by atoms with Gasteiger partial charge in [-0.1, -0.05) is 339 Å². The molecule has 460 valence electrons. The van der Waals surface area contributed by atoms with Gasteiger partial charge >= 0.3 is 5.97 Å². The minimum absolute atomic E-state index is 0.0358. The van der Waals surface area contributed by atoms with Gasteiger partial charge in [-0.15, -0.1) is 0 Å². The van der Waals surface area contributed by atoms with Crippen LogP contribution in [0.15, 0.2) is 36.5 Å².